The molecule has 0 fully saturated rings. The Kier molecular flexibility index (Phi) is 5.55. The summed E-state index contributed by atoms with van der Waals surface area (Å²) in [6.07, 6.45) is 1.26. The minimum atomic E-state index is -0.806. The molecule has 2 aromatic carbocycles. The zero-order valence-corrected chi connectivity index (χ0v) is 12.3. The summed E-state index contributed by atoms with van der Waals surface area (Å²) in [4.78, 5) is 10.5. The number of phenols is 1. The predicted molar refractivity (Wildman–Crippen MR) is 84.6 cm³/mol. The summed E-state index contributed by atoms with van der Waals surface area (Å²) in [5.74, 6) is -0.602. The second-order valence-electron chi connectivity index (χ2n) is 5.29. The van der Waals surface area contributed by atoms with Crippen LogP contribution in [0.1, 0.15) is 37.4 Å². The number of phenolic OH excluding ortho intramolecular Hbond substituents is 1. The molecule has 2 aromatic rings. The van der Waals surface area contributed by atoms with E-state index in [4.69, 9.17) is 5.11 Å². The van der Waals surface area contributed by atoms with Gasteiger partial charge < -0.3 is 15.3 Å². The zero-order valence-electron chi connectivity index (χ0n) is 12.3. The van der Waals surface area contributed by atoms with Crippen LogP contribution in [0, 0.1) is 0 Å². The molecule has 0 aliphatic rings. The molecular weight excluding hydrogens is 280 g/mol. The van der Waals surface area contributed by atoms with Gasteiger partial charge in [-0.1, -0.05) is 36.4 Å². The molecule has 0 amide bonds. The normalized spacial score (nSPS) is 12.0. The van der Waals surface area contributed by atoms with Crippen LogP contribution in [0.5, 0.6) is 5.75 Å². The Morgan fingerprint density at radius 2 is 1.68 bits per heavy atom. The molecule has 0 radical (unpaired) electrons. The SMILES string of the molecule is O=C(O)CCCCC(O)c1ccccc1-c1ccc(O)cc1. The Morgan fingerprint density at radius 1 is 1.00 bits per heavy atom. The fourth-order valence-electron chi connectivity index (χ4n) is 2.46. The maximum absolute atomic E-state index is 10.5. The second kappa shape index (κ2) is 7.61. The number of rotatable bonds is 7. The van der Waals surface area contributed by atoms with Crippen LogP contribution in [0.4, 0.5) is 0 Å². The van der Waals surface area contributed by atoms with Gasteiger partial charge in [0.1, 0.15) is 5.75 Å². The average Bonchev–Trinajstić information content (AvgIpc) is 2.52. The molecule has 0 saturated heterocycles. The maximum Gasteiger partial charge on any atom is 0.303 e. The van der Waals surface area contributed by atoms with Crippen molar-refractivity contribution in [3.63, 3.8) is 0 Å². The van der Waals surface area contributed by atoms with E-state index in [0.717, 1.165) is 16.7 Å². The molecule has 4 nitrogen and oxygen atoms in total. The maximum atomic E-state index is 10.5. The molecule has 0 aliphatic heterocycles. The van der Waals surface area contributed by atoms with Gasteiger partial charge in [0.05, 0.1) is 6.10 Å². The standard InChI is InChI=1S/C18H20O4/c19-14-11-9-13(10-12-14)15-5-1-2-6-16(15)17(20)7-3-4-8-18(21)22/h1-2,5-6,9-12,17,19-20H,3-4,7-8H2,(H,21,22). The Morgan fingerprint density at radius 3 is 2.36 bits per heavy atom. The summed E-state index contributed by atoms with van der Waals surface area (Å²) in [5, 5.41) is 28.4. The average molecular weight is 300 g/mol. The minimum absolute atomic E-state index is 0.131. The molecule has 0 aromatic heterocycles. The largest absolute Gasteiger partial charge is 0.508 e. The van der Waals surface area contributed by atoms with Crippen LogP contribution in [0.15, 0.2) is 48.5 Å². The monoisotopic (exact) mass is 300 g/mol. The summed E-state index contributed by atoms with van der Waals surface area (Å²) in [6.45, 7) is 0. The van der Waals surface area contributed by atoms with Crippen molar-refractivity contribution in [3.8, 4) is 16.9 Å². The van der Waals surface area contributed by atoms with Gasteiger partial charge in [0.15, 0.2) is 0 Å². The number of carbonyl (C=O) groups is 1. The lowest BCUT2D eigenvalue weighted by Gasteiger charge is -2.16. The van der Waals surface area contributed by atoms with Crippen LogP contribution in [-0.4, -0.2) is 21.3 Å². The first kappa shape index (κ1) is 16.0. The van der Waals surface area contributed by atoms with Crippen LogP contribution in [-0.2, 0) is 4.79 Å². The van der Waals surface area contributed by atoms with Crippen molar-refractivity contribution in [2.45, 2.75) is 31.8 Å². The number of aliphatic hydroxyl groups is 1. The van der Waals surface area contributed by atoms with Gasteiger partial charge in [-0.3, -0.25) is 4.79 Å². The summed E-state index contributed by atoms with van der Waals surface area (Å²) < 4.78 is 0. The zero-order chi connectivity index (χ0) is 15.9. The summed E-state index contributed by atoms with van der Waals surface area (Å²) >= 11 is 0. The molecule has 2 rings (SSSR count). The van der Waals surface area contributed by atoms with Gasteiger partial charge in [-0.15, -0.1) is 0 Å². The molecule has 0 heterocycles. The Labute approximate surface area is 129 Å². The van der Waals surface area contributed by atoms with Gasteiger partial charge in [0, 0.05) is 6.42 Å². The lowest BCUT2D eigenvalue weighted by Crippen LogP contribution is -2.01. The van der Waals surface area contributed by atoms with Crippen LogP contribution >= 0.6 is 0 Å². The van der Waals surface area contributed by atoms with Crippen molar-refractivity contribution < 1.29 is 20.1 Å². The molecule has 1 unspecified atom stereocenters. The van der Waals surface area contributed by atoms with E-state index in [1.165, 1.54) is 0 Å². The van der Waals surface area contributed by atoms with Crippen molar-refractivity contribution in [1.29, 1.82) is 0 Å². The number of hydrogen-bond acceptors (Lipinski definition) is 3. The molecule has 1 atom stereocenters. The number of carboxylic acid groups (broad SMARTS) is 1. The van der Waals surface area contributed by atoms with Crippen LogP contribution in [0.3, 0.4) is 0 Å². The fourth-order valence-corrected chi connectivity index (χ4v) is 2.46. The highest BCUT2D eigenvalue weighted by Crippen LogP contribution is 2.31. The van der Waals surface area contributed by atoms with E-state index in [1.807, 2.05) is 36.4 Å². The molecule has 0 bridgehead atoms. The quantitative estimate of drug-likeness (QED) is 0.681. The third kappa shape index (κ3) is 4.33. The van der Waals surface area contributed by atoms with E-state index in [2.05, 4.69) is 0 Å². The summed E-state index contributed by atoms with van der Waals surface area (Å²) in [5.41, 5.74) is 2.68. The van der Waals surface area contributed by atoms with Gasteiger partial charge in [-0.2, -0.15) is 0 Å². The number of aliphatic hydroxyl groups excluding tert-OH is 1. The molecule has 3 N–H and O–H groups in total. The minimum Gasteiger partial charge on any atom is -0.508 e. The van der Waals surface area contributed by atoms with Crippen molar-refractivity contribution in [2.75, 3.05) is 0 Å². The Bertz CT molecular complexity index is 619. The van der Waals surface area contributed by atoms with E-state index in [-0.39, 0.29) is 12.2 Å². The first-order valence-electron chi connectivity index (χ1n) is 7.36. The van der Waals surface area contributed by atoms with Gasteiger partial charge in [-0.25, -0.2) is 0 Å². The fraction of sp³-hybridized carbons (Fsp3) is 0.278. The summed E-state index contributed by atoms with van der Waals surface area (Å²) in [6, 6.07) is 14.4. The van der Waals surface area contributed by atoms with Crippen molar-refractivity contribution >= 4 is 5.97 Å². The first-order valence-corrected chi connectivity index (χ1v) is 7.36. The molecular formula is C18H20O4. The third-order valence-electron chi connectivity index (χ3n) is 3.62. The molecule has 22 heavy (non-hydrogen) atoms. The topological polar surface area (TPSA) is 77.8 Å². The van der Waals surface area contributed by atoms with Crippen molar-refractivity contribution in [2.24, 2.45) is 0 Å². The third-order valence-corrected chi connectivity index (χ3v) is 3.62. The van der Waals surface area contributed by atoms with Crippen LogP contribution < -0.4 is 0 Å². The number of unbranched alkanes of at least 4 members (excludes halogenated alkanes) is 1. The lowest BCUT2D eigenvalue weighted by atomic mass is 9.94. The highest BCUT2D eigenvalue weighted by molar-refractivity contribution is 5.68. The number of aliphatic carboxylic acids is 1. The molecule has 0 aliphatic carbocycles. The molecule has 0 spiro atoms. The number of aromatic hydroxyl groups is 1. The first-order chi connectivity index (χ1) is 10.6. The van der Waals surface area contributed by atoms with Gasteiger partial charge in [0.25, 0.3) is 0 Å². The molecule has 0 saturated carbocycles. The predicted octanol–water partition coefficient (Wildman–Crippen LogP) is 3.74. The molecule has 116 valence electrons. The Balaban J connectivity index is 2.10. The number of benzene rings is 2. The van der Waals surface area contributed by atoms with E-state index in [1.54, 1.807) is 12.1 Å². The smallest absolute Gasteiger partial charge is 0.303 e. The van der Waals surface area contributed by atoms with E-state index >= 15 is 0 Å². The second-order valence-corrected chi connectivity index (χ2v) is 5.29. The van der Waals surface area contributed by atoms with Gasteiger partial charge >= 0.3 is 5.97 Å². The van der Waals surface area contributed by atoms with Gasteiger partial charge in [-0.05, 0) is 48.1 Å². The van der Waals surface area contributed by atoms with Crippen molar-refractivity contribution in [1.82, 2.24) is 0 Å². The Hall–Kier alpha value is -2.33. The number of carboxylic acids is 1. The van der Waals surface area contributed by atoms with E-state index < -0.39 is 12.1 Å². The van der Waals surface area contributed by atoms with Crippen molar-refractivity contribution in [3.05, 3.63) is 54.1 Å². The van der Waals surface area contributed by atoms with Gasteiger partial charge in [0.2, 0.25) is 0 Å². The number of hydrogen-bond donors (Lipinski definition) is 3. The van der Waals surface area contributed by atoms with E-state index in [0.29, 0.717) is 19.3 Å². The van der Waals surface area contributed by atoms with Crippen LogP contribution in [0.25, 0.3) is 11.1 Å². The molecule has 4 heteroatoms. The van der Waals surface area contributed by atoms with Crippen LogP contribution in [0.2, 0.25) is 0 Å². The van der Waals surface area contributed by atoms with E-state index in [9.17, 15) is 15.0 Å². The summed E-state index contributed by atoms with van der Waals surface area (Å²) in [7, 11) is 0. The lowest BCUT2D eigenvalue weighted by molar-refractivity contribution is -0.137. The highest BCUT2D eigenvalue weighted by atomic mass is 16.4. The highest BCUT2D eigenvalue weighted by Gasteiger charge is 2.13.